The monoisotopic (exact) mass is 395 g/mol. The number of amides is 2. The molecule has 29 heavy (non-hydrogen) atoms. The van der Waals surface area contributed by atoms with Gasteiger partial charge in [-0.25, -0.2) is 0 Å². The molecule has 2 aromatic rings. The Morgan fingerprint density at radius 1 is 1.00 bits per heavy atom. The molecule has 0 bridgehead atoms. The molecule has 1 fully saturated rings. The third-order valence-corrected chi connectivity index (χ3v) is 5.41. The molecule has 7 heteroatoms. The molecule has 7 nitrogen and oxygen atoms in total. The summed E-state index contributed by atoms with van der Waals surface area (Å²) in [6.45, 7) is 0.988. The standard InChI is InChI=1S/C22H25N3O4/c23-17-6-3-4-14(17)12-21(26)25-18-7-2-1-5-16(18)22(27)24-15-8-9-19-20(13-15)29-11-10-28-19/h1-2,5,7-9,13-14,17H,3-4,6,10-12,23H2,(H,24,27)(H,25,26)/t14-,17+/m0/s1. The van der Waals surface area contributed by atoms with E-state index in [1.165, 1.54) is 0 Å². The topological polar surface area (TPSA) is 103 Å². The lowest BCUT2D eigenvalue weighted by atomic mass is 9.99. The molecular formula is C22H25N3O4. The Bertz CT molecular complexity index is 915. The summed E-state index contributed by atoms with van der Waals surface area (Å²) in [6, 6.07) is 12.3. The number of carbonyl (C=O) groups is 2. The van der Waals surface area contributed by atoms with Crippen LogP contribution in [-0.2, 0) is 4.79 Å². The maximum absolute atomic E-state index is 12.8. The number of fused-ring (bicyclic) bond motifs is 1. The summed E-state index contributed by atoms with van der Waals surface area (Å²) in [4.78, 5) is 25.3. The Morgan fingerprint density at radius 2 is 1.79 bits per heavy atom. The molecule has 0 saturated heterocycles. The van der Waals surface area contributed by atoms with E-state index in [9.17, 15) is 9.59 Å². The van der Waals surface area contributed by atoms with Crippen molar-refractivity contribution in [2.24, 2.45) is 11.7 Å². The zero-order valence-corrected chi connectivity index (χ0v) is 16.1. The van der Waals surface area contributed by atoms with Crippen molar-refractivity contribution in [3.8, 4) is 11.5 Å². The fourth-order valence-corrected chi connectivity index (χ4v) is 3.87. The van der Waals surface area contributed by atoms with E-state index in [2.05, 4.69) is 10.6 Å². The largest absolute Gasteiger partial charge is 0.486 e. The first-order valence-electron chi connectivity index (χ1n) is 9.95. The van der Waals surface area contributed by atoms with Crippen LogP contribution in [0.4, 0.5) is 11.4 Å². The number of nitrogens with one attached hydrogen (secondary N) is 2. The van der Waals surface area contributed by atoms with Gasteiger partial charge in [-0.05, 0) is 43.0 Å². The van der Waals surface area contributed by atoms with Gasteiger partial charge in [-0.15, -0.1) is 0 Å². The summed E-state index contributed by atoms with van der Waals surface area (Å²) in [7, 11) is 0. The van der Waals surface area contributed by atoms with E-state index in [4.69, 9.17) is 15.2 Å². The van der Waals surface area contributed by atoms with Crippen molar-refractivity contribution in [1.82, 2.24) is 0 Å². The lowest BCUT2D eigenvalue weighted by molar-refractivity contribution is -0.117. The van der Waals surface area contributed by atoms with Gasteiger partial charge < -0.3 is 25.8 Å². The van der Waals surface area contributed by atoms with Gasteiger partial charge in [-0.1, -0.05) is 18.6 Å². The second-order valence-corrected chi connectivity index (χ2v) is 7.47. The Kier molecular flexibility index (Phi) is 5.67. The van der Waals surface area contributed by atoms with Crippen molar-refractivity contribution in [3.05, 3.63) is 48.0 Å². The SMILES string of the molecule is N[C@@H]1CCC[C@H]1CC(=O)Nc1ccccc1C(=O)Nc1ccc2c(c1)OCCO2. The van der Waals surface area contributed by atoms with E-state index >= 15 is 0 Å². The van der Waals surface area contributed by atoms with Gasteiger partial charge in [0, 0.05) is 24.2 Å². The molecule has 1 aliphatic heterocycles. The summed E-state index contributed by atoms with van der Waals surface area (Å²) < 4.78 is 11.1. The van der Waals surface area contributed by atoms with Gasteiger partial charge in [-0.2, -0.15) is 0 Å². The van der Waals surface area contributed by atoms with Crippen LogP contribution < -0.4 is 25.8 Å². The number of hydrogen-bond donors (Lipinski definition) is 3. The van der Waals surface area contributed by atoms with E-state index in [-0.39, 0.29) is 23.8 Å². The third kappa shape index (κ3) is 4.51. The predicted octanol–water partition coefficient (Wildman–Crippen LogP) is 3.17. The molecule has 0 radical (unpaired) electrons. The highest BCUT2D eigenvalue weighted by molar-refractivity contribution is 6.10. The molecular weight excluding hydrogens is 370 g/mol. The van der Waals surface area contributed by atoms with Crippen LogP contribution in [0.3, 0.4) is 0 Å². The van der Waals surface area contributed by atoms with Gasteiger partial charge in [0.1, 0.15) is 13.2 Å². The molecule has 4 rings (SSSR count). The van der Waals surface area contributed by atoms with Crippen molar-refractivity contribution in [1.29, 1.82) is 0 Å². The van der Waals surface area contributed by atoms with Crippen LogP contribution >= 0.6 is 0 Å². The molecule has 2 aromatic carbocycles. The maximum Gasteiger partial charge on any atom is 0.257 e. The average molecular weight is 395 g/mol. The van der Waals surface area contributed by atoms with Gasteiger partial charge in [0.2, 0.25) is 5.91 Å². The molecule has 2 aliphatic rings. The molecule has 152 valence electrons. The highest BCUT2D eigenvalue weighted by atomic mass is 16.6. The van der Waals surface area contributed by atoms with Crippen LogP contribution in [0.2, 0.25) is 0 Å². The molecule has 0 aromatic heterocycles. The van der Waals surface area contributed by atoms with Crippen LogP contribution in [0, 0.1) is 5.92 Å². The van der Waals surface area contributed by atoms with Crippen LogP contribution in [-0.4, -0.2) is 31.1 Å². The Morgan fingerprint density at radius 3 is 2.59 bits per heavy atom. The normalized spacial score (nSPS) is 20.2. The minimum atomic E-state index is -0.310. The minimum Gasteiger partial charge on any atom is -0.486 e. The summed E-state index contributed by atoms with van der Waals surface area (Å²) in [5.74, 6) is 1.03. The van der Waals surface area contributed by atoms with E-state index in [1.807, 2.05) is 0 Å². The number of rotatable bonds is 5. The second-order valence-electron chi connectivity index (χ2n) is 7.47. The maximum atomic E-state index is 12.8. The number of anilines is 2. The molecule has 0 spiro atoms. The van der Waals surface area contributed by atoms with Crippen molar-refractivity contribution in [2.45, 2.75) is 31.7 Å². The van der Waals surface area contributed by atoms with Gasteiger partial charge in [-0.3, -0.25) is 9.59 Å². The number of hydrogen-bond acceptors (Lipinski definition) is 5. The number of carbonyl (C=O) groups excluding carboxylic acids is 2. The smallest absolute Gasteiger partial charge is 0.257 e. The number of ether oxygens (including phenoxy) is 2. The van der Waals surface area contributed by atoms with E-state index < -0.39 is 0 Å². The highest BCUT2D eigenvalue weighted by Crippen LogP contribution is 2.33. The zero-order chi connectivity index (χ0) is 20.2. The first kappa shape index (κ1) is 19.3. The van der Waals surface area contributed by atoms with Crippen LogP contribution in [0.25, 0.3) is 0 Å². The fraction of sp³-hybridized carbons (Fsp3) is 0.364. The first-order chi connectivity index (χ1) is 14.1. The van der Waals surface area contributed by atoms with E-state index in [0.717, 1.165) is 19.3 Å². The third-order valence-electron chi connectivity index (χ3n) is 5.41. The summed E-state index contributed by atoms with van der Waals surface area (Å²) in [5, 5.41) is 5.73. The molecule has 1 aliphatic carbocycles. The van der Waals surface area contributed by atoms with Gasteiger partial charge in [0.15, 0.2) is 11.5 Å². The van der Waals surface area contributed by atoms with Gasteiger partial charge in [0.05, 0.1) is 11.3 Å². The second kappa shape index (κ2) is 8.53. The van der Waals surface area contributed by atoms with Crippen molar-refractivity contribution < 1.29 is 19.1 Å². The Balaban J connectivity index is 1.44. The van der Waals surface area contributed by atoms with Gasteiger partial charge >= 0.3 is 0 Å². The number of benzene rings is 2. The summed E-state index contributed by atoms with van der Waals surface area (Å²) in [6.07, 6.45) is 3.38. The first-order valence-corrected chi connectivity index (χ1v) is 9.95. The van der Waals surface area contributed by atoms with Gasteiger partial charge in [0.25, 0.3) is 5.91 Å². The number of nitrogens with two attached hydrogens (primary N) is 1. The summed E-state index contributed by atoms with van der Waals surface area (Å²) in [5.41, 5.74) is 7.54. The minimum absolute atomic E-state index is 0.0782. The molecule has 0 unspecified atom stereocenters. The van der Waals surface area contributed by atoms with Crippen LogP contribution in [0.1, 0.15) is 36.0 Å². The average Bonchev–Trinajstić information content (AvgIpc) is 3.12. The molecule has 1 saturated carbocycles. The fourth-order valence-electron chi connectivity index (χ4n) is 3.87. The van der Waals surface area contributed by atoms with E-state index in [0.29, 0.717) is 48.1 Å². The quantitative estimate of drug-likeness (QED) is 0.722. The van der Waals surface area contributed by atoms with Crippen molar-refractivity contribution >= 4 is 23.2 Å². The zero-order valence-electron chi connectivity index (χ0n) is 16.1. The van der Waals surface area contributed by atoms with Crippen LogP contribution in [0.5, 0.6) is 11.5 Å². The van der Waals surface area contributed by atoms with Crippen LogP contribution in [0.15, 0.2) is 42.5 Å². The van der Waals surface area contributed by atoms with Crippen molar-refractivity contribution in [2.75, 3.05) is 23.8 Å². The lowest BCUT2D eigenvalue weighted by Gasteiger charge is -2.19. The Hall–Kier alpha value is -3.06. The molecule has 2 amide bonds. The summed E-state index contributed by atoms with van der Waals surface area (Å²) >= 11 is 0. The Labute approximate surface area is 169 Å². The highest BCUT2D eigenvalue weighted by Gasteiger charge is 2.26. The molecule has 2 atom stereocenters. The molecule has 1 heterocycles. The lowest BCUT2D eigenvalue weighted by Crippen LogP contribution is -2.28. The predicted molar refractivity (Wildman–Crippen MR) is 110 cm³/mol. The van der Waals surface area contributed by atoms with E-state index in [1.54, 1.807) is 42.5 Å². The molecule has 4 N–H and O–H groups in total. The number of para-hydroxylation sites is 1. The van der Waals surface area contributed by atoms with Crippen molar-refractivity contribution in [3.63, 3.8) is 0 Å².